The molecule has 0 saturated carbocycles. The molecule has 0 unspecified atom stereocenters. The van der Waals surface area contributed by atoms with Crippen LogP contribution in [0.1, 0.15) is 18.1 Å². The molecular weight excluding hydrogens is 242 g/mol. The fraction of sp³-hybridized carbons (Fsp3) is 0.400. The quantitative estimate of drug-likeness (QED) is 0.896. The van der Waals surface area contributed by atoms with E-state index in [4.69, 9.17) is 4.42 Å². The van der Waals surface area contributed by atoms with Crippen LogP contribution in [-0.4, -0.2) is 34.6 Å². The zero-order chi connectivity index (χ0) is 13.6. The van der Waals surface area contributed by atoms with Crippen LogP contribution >= 0.6 is 0 Å². The van der Waals surface area contributed by atoms with E-state index < -0.39 is 5.60 Å². The molecule has 4 nitrogen and oxygen atoms in total. The van der Waals surface area contributed by atoms with Gasteiger partial charge in [0.2, 0.25) is 5.91 Å². The van der Waals surface area contributed by atoms with Gasteiger partial charge in [-0.05, 0) is 25.5 Å². The SMILES string of the molecule is Cc1ccc2c(CC(=O)N3CC(C)(O)C3)coc2c1. The van der Waals surface area contributed by atoms with Gasteiger partial charge < -0.3 is 14.4 Å². The molecule has 3 rings (SSSR count). The van der Waals surface area contributed by atoms with Crippen molar-refractivity contribution in [2.24, 2.45) is 0 Å². The van der Waals surface area contributed by atoms with Crippen LogP contribution in [0.2, 0.25) is 0 Å². The molecule has 1 fully saturated rings. The lowest BCUT2D eigenvalue weighted by atomic mass is 9.96. The lowest BCUT2D eigenvalue weighted by Crippen LogP contribution is -2.62. The fourth-order valence-electron chi connectivity index (χ4n) is 2.55. The highest BCUT2D eigenvalue weighted by Gasteiger charge is 2.39. The molecule has 100 valence electrons. The minimum Gasteiger partial charge on any atom is -0.464 e. The Labute approximate surface area is 111 Å². The standard InChI is InChI=1S/C15H17NO3/c1-10-3-4-12-11(7-19-13(12)5-10)6-14(17)16-8-15(2,18)9-16/h3-5,7,18H,6,8-9H2,1-2H3. The van der Waals surface area contributed by atoms with Crippen molar-refractivity contribution in [2.75, 3.05) is 13.1 Å². The van der Waals surface area contributed by atoms with Crippen molar-refractivity contribution in [1.82, 2.24) is 4.90 Å². The van der Waals surface area contributed by atoms with Gasteiger partial charge in [-0.25, -0.2) is 0 Å². The maximum absolute atomic E-state index is 12.1. The minimum atomic E-state index is -0.717. The predicted molar refractivity (Wildman–Crippen MR) is 71.9 cm³/mol. The second kappa shape index (κ2) is 4.10. The number of hydrogen-bond acceptors (Lipinski definition) is 3. The summed E-state index contributed by atoms with van der Waals surface area (Å²) in [6, 6.07) is 5.97. The van der Waals surface area contributed by atoms with Gasteiger partial charge in [0.15, 0.2) is 0 Å². The van der Waals surface area contributed by atoms with Gasteiger partial charge in [-0.2, -0.15) is 0 Å². The van der Waals surface area contributed by atoms with Gasteiger partial charge in [0.05, 0.1) is 31.4 Å². The smallest absolute Gasteiger partial charge is 0.227 e. The molecule has 1 amide bonds. The monoisotopic (exact) mass is 259 g/mol. The highest BCUT2D eigenvalue weighted by atomic mass is 16.3. The Balaban J connectivity index is 1.77. The van der Waals surface area contributed by atoms with Crippen molar-refractivity contribution in [3.8, 4) is 0 Å². The largest absolute Gasteiger partial charge is 0.464 e. The molecule has 4 heteroatoms. The fourth-order valence-corrected chi connectivity index (χ4v) is 2.55. The average Bonchev–Trinajstić information content (AvgIpc) is 2.68. The number of furan rings is 1. The van der Waals surface area contributed by atoms with E-state index in [0.29, 0.717) is 19.5 Å². The number of amides is 1. The van der Waals surface area contributed by atoms with Gasteiger partial charge in [-0.3, -0.25) is 4.79 Å². The van der Waals surface area contributed by atoms with Crippen LogP contribution < -0.4 is 0 Å². The molecule has 0 bridgehead atoms. The van der Waals surface area contributed by atoms with Crippen LogP contribution in [0.15, 0.2) is 28.9 Å². The van der Waals surface area contributed by atoms with E-state index in [0.717, 1.165) is 22.1 Å². The van der Waals surface area contributed by atoms with Crippen LogP contribution in [0.3, 0.4) is 0 Å². The highest BCUT2D eigenvalue weighted by Crippen LogP contribution is 2.25. The van der Waals surface area contributed by atoms with Crippen LogP contribution in [0.5, 0.6) is 0 Å². The number of likely N-dealkylation sites (tertiary alicyclic amines) is 1. The van der Waals surface area contributed by atoms with Crippen molar-refractivity contribution < 1.29 is 14.3 Å². The van der Waals surface area contributed by atoms with E-state index in [1.807, 2.05) is 25.1 Å². The van der Waals surface area contributed by atoms with E-state index in [9.17, 15) is 9.90 Å². The number of rotatable bonds is 2. The molecule has 1 aromatic heterocycles. The van der Waals surface area contributed by atoms with E-state index in [2.05, 4.69) is 0 Å². The summed E-state index contributed by atoms with van der Waals surface area (Å²) in [4.78, 5) is 13.7. The molecule has 2 aromatic rings. The van der Waals surface area contributed by atoms with E-state index >= 15 is 0 Å². The van der Waals surface area contributed by atoms with Crippen LogP contribution in [0, 0.1) is 6.92 Å². The lowest BCUT2D eigenvalue weighted by Gasteiger charge is -2.44. The minimum absolute atomic E-state index is 0.0369. The first kappa shape index (κ1) is 12.2. The summed E-state index contributed by atoms with van der Waals surface area (Å²) in [7, 11) is 0. The highest BCUT2D eigenvalue weighted by molar-refractivity contribution is 5.88. The average molecular weight is 259 g/mol. The summed E-state index contributed by atoms with van der Waals surface area (Å²) in [5.41, 5.74) is 2.15. The second-order valence-electron chi connectivity index (χ2n) is 5.68. The molecule has 19 heavy (non-hydrogen) atoms. The molecule has 1 aliphatic heterocycles. The van der Waals surface area contributed by atoms with Gasteiger partial charge in [-0.15, -0.1) is 0 Å². The Morgan fingerprint density at radius 2 is 2.21 bits per heavy atom. The Kier molecular flexibility index (Phi) is 2.64. The zero-order valence-electron chi connectivity index (χ0n) is 11.1. The van der Waals surface area contributed by atoms with E-state index in [1.165, 1.54) is 0 Å². The van der Waals surface area contributed by atoms with Crippen molar-refractivity contribution in [2.45, 2.75) is 25.9 Å². The summed E-state index contributed by atoms with van der Waals surface area (Å²) < 4.78 is 5.48. The first-order valence-corrected chi connectivity index (χ1v) is 6.41. The van der Waals surface area contributed by atoms with Gasteiger partial charge in [0.25, 0.3) is 0 Å². The van der Waals surface area contributed by atoms with Gasteiger partial charge >= 0.3 is 0 Å². The zero-order valence-corrected chi connectivity index (χ0v) is 11.1. The van der Waals surface area contributed by atoms with Crippen molar-refractivity contribution in [1.29, 1.82) is 0 Å². The third kappa shape index (κ3) is 2.24. The molecule has 1 N–H and O–H groups in total. The van der Waals surface area contributed by atoms with E-state index in [1.54, 1.807) is 18.1 Å². The number of fused-ring (bicyclic) bond motifs is 1. The van der Waals surface area contributed by atoms with Gasteiger partial charge in [-0.1, -0.05) is 12.1 Å². The topological polar surface area (TPSA) is 53.7 Å². The third-order valence-electron chi connectivity index (χ3n) is 3.57. The predicted octanol–water partition coefficient (Wildman–Crippen LogP) is 1.88. The third-order valence-corrected chi connectivity index (χ3v) is 3.57. The Morgan fingerprint density at radius 1 is 1.47 bits per heavy atom. The summed E-state index contributed by atoms with van der Waals surface area (Å²) in [5.74, 6) is 0.0369. The normalized spacial score (nSPS) is 17.5. The van der Waals surface area contributed by atoms with Crippen molar-refractivity contribution in [3.05, 3.63) is 35.6 Å². The number of aryl methyl sites for hydroxylation is 1. The Bertz CT molecular complexity index is 634. The Hall–Kier alpha value is -1.81. The number of hydrogen-bond donors (Lipinski definition) is 1. The number of benzene rings is 1. The maximum atomic E-state index is 12.1. The van der Waals surface area contributed by atoms with Crippen LogP contribution in [0.25, 0.3) is 11.0 Å². The number of nitrogens with zero attached hydrogens (tertiary/aromatic N) is 1. The van der Waals surface area contributed by atoms with Gasteiger partial charge in [0, 0.05) is 10.9 Å². The maximum Gasteiger partial charge on any atom is 0.227 e. The molecular formula is C15H17NO3. The van der Waals surface area contributed by atoms with Crippen LogP contribution in [0.4, 0.5) is 0 Å². The second-order valence-corrected chi connectivity index (χ2v) is 5.68. The first-order chi connectivity index (χ1) is 8.94. The number of aliphatic hydroxyl groups is 1. The molecule has 0 atom stereocenters. The molecule has 1 saturated heterocycles. The molecule has 0 spiro atoms. The van der Waals surface area contributed by atoms with Crippen LogP contribution in [-0.2, 0) is 11.2 Å². The number of β-amino-alcohol motifs (C(OH)–C–C–N with tert-alkyl or cyclic N) is 1. The van der Waals surface area contributed by atoms with Crippen molar-refractivity contribution in [3.63, 3.8) is 0 Å². The summed E-state index contributed by atoms with van der Waals surface area (Å²) in [6.45, 7) is 4.59. The molecule has 2 heterocycles. The molecule has 0 aliphatic carbocycles. The number of carbonyl (C=O) groups excluding carboxylic acids is 1. The summed E-state index contributed by atoms with van der Waals surface area (Å²) in [6.07, 6.45) is 1.98. The van der Waals surface area contributed by atoms with E-state index in [-0.39, 0.29) is 5.91 Å². The summed E-state index contributed by atoms with van der Waals surface area (Å²) >= 11 is 0. The number of carbonyl (C=O) groups is 1. The first-order valence-electron chi connectivity index (χ1n) is 6.41. The Morgan fingerprint density at radius 3 is 2.89 bits per heavy atom. The molecule has 1 aliphatic rings. The summed E-state index contributed by atoms with van der Waals surface area (Å²) in [5, 5.41) is 10.6. The van der Waals surface area contributed by atoms with Crippen molar-refractivity contribution >= 4 is 16.9 Å². The molecule has 0 radical (unpaired) electrons. The van der Waals surface area contributed by atoms with Gasteiger partial charge in [0.1, 0.15) is 5.58 Å². The molecule has 1 aromatic carbocycles. The lowest BCUT2D eigenvalue weighted by molar-refractivity contribution is -0.151.